The Balaban J connectivity index is 3.12. The molecule has 0 amide bonds. The number of carboxylic acids is 1. The van der Waals surface area contributed by atoms with Crippen LogP contribution in [0.1, 0.15) is 15.9 Å². The van der Waals surface area contributed by atoms with E-state index >= 15 is 0 Å². The molecule has 11 heavy (non-hydrogen) atoms. The highest BCUT2D eigenvalue weighted by atomic mass is 16.4. The van der Waals surface area contributed by atoms with E-state index in [1.807, 2.05) is 0 Å². The van der Waals surface area contributed by atoms with E-state index in [9.17, 15) is 4.79 Å². The highest BCUT2D eigenvalue weighted by Gasteiger charge is 2.07. The minimum atomic E-state index is -1.04. The Bertz CT molecular complexity index is 272. The third-order valence-electron chi connectivity index (χ3n) is 1.30. The maximum atomic E-state index is 10.4. The number of rotatable bonds is 2. The van der Waals surface area contributed by atoms with Crippen molar-refractivity contribution in [3.63, 3.8) is 0 Å². The van der Waals surface area contributed by atoms with E-state index in [0.717, 1.165) is 0 Å². The first-order valence-electron chi connectivity index (χ1n) is 3.02. The van der Waals surface area contributed by atoms with E-state index in [1.54, 1.807) is 0 Å². The fourth-order valence-corrected chi connectivity index (χ4v) is 0.762. The van der Waals surface area contributed by atoms with Crippen LogP contribution in [0.3, 0.4) is 0 Å². The van der Waals surface area contributed by atoms with Crippen molar-refractivity contribution in [1.82, 2.24) is 4.98 Å². The summed E-state index contributed by atoms with van der Waals surface area (Å²) in [4.78, 5) is 14.1. The standard InChI is InChI=1S/C7H7NO3/c9-4-5-3-8-2-1-6(5)7(10)11/h1-3,9H,4H2,(H,10,11). The Morgan fingerprint density at radius 3 is 2.82 bits per heavy atom. The Labute approximate surface area is 63.1 Å². The number of hydrogen-bond acceptors (Lipinski definition) is 3. The molecule has 0 atom stereocenters. The first-order chi connectivity index (χ1) is 5.25. The second kappa shape index (κ2) is 3.12. The average molecular weight is 153 g/mol. The van der Waals surface area contributed by atoms with E-state index < -0.39 is 5.97 Å². The summed E-state index contributed by atoms with van der Waals surface area (Å²) in [7, 11) is 0. The quantitative estimate of drug-likeness (QED) is 0.639. The van der Waals surface area contributed by atoms with Crippen LogP contribution in [-0.4, -0.2) is 21.2 Å². The number of aliphatic hydroxyl groups is 1. The minimum absolute atomic E-state index is 0.0995. The average Bonchev–Trinajstić information content (AvgIpc) is 2.04. The van der Waals surface area contributed by atoms with Crippen LogP contribution in [0.4, 0.5) is 0 Å². The molecule has 0 aliphatic rings. The predicted molar refractivity (Wildman–Crippen MR) is 37.1 cm³/mol. The molecule has 1 aromatic heterocycles. The number of carbonyl (C=O) groups is 1. The molecule has 0 fully saturated rings. The van der Waals surface area contributed by atoms with Crippen molar-refractivity contribution < 1.29 is 15.0 Å². The zero-order chi connectivity index (χ0) is 8.27. The maximum Gasteiger partial charge on any atom is 0.336 e. The van der Waals surface area contributed by atoms with Gasteiger partial charge >= 0.3 is 5.97 Å². The molecule has 0 aliphatic heterocycles. The van der Waals surface area contributed by atoms with Gasteiger partial charge in [-0.2, -0.15) is 0 Å². The summed E-state index contributed by atoms with van der Waals surface area (Å²) >= 11 is 0. The van der Waals surface area contributed by atoms with Gasteiger partial charge < -0.3 is 10.2 Å². The molecule has 1 rings (SSSR count). The number of aliphatic hydroxyl groups excluding tert-OH is 1. The molecule has 0 spiro atoms. The zero-order valence-corrected chi connectivity index (χ0v) is 5.69. The summed E-state index contributed by atoms with van der Waals surface area (Å²) < 4.78 is 0. The second-order valence-corrected chi connectivity index (χ2v) is 2.00. The van der Waals surface area contributed by atoms with Crippen LogP contribution in [0.15, 0.2) is 18.5 Å². The Hall–Kier alpha value is -1.42. The van der Waals surface area contributed by atoms with Gasteiger partial charge in [0.15, 0.2) is 0 Å². The van der Waals surface area contributed by atoms with E-state index in [1.165, 1.54) is 18.5 Å². The van der Waals surface area contributed by atoms with Crippen molar-refractivity contribution >= 4 is 5.97 Å². The monoisotopic (exact) mass is 153 g/mol. The summed E-state index contributed by atoms with van der Waals surface area (Å²) in [6.45, 7) is -0.296. The van der Waals surface area contributed by atoms with Crippen LogP contribution in [0.25, 0.3) is 0 Å². The van der Waals surface area contributed by atoms with E-state index in [0.29, 0.717) is 5.56 Å². The van der Waals surface area contributed by atoms with Crippen molar-refractivity contribution in [2.75, 3.05) is 0 Å². The van der Waals surface area contributed by atoms with Gasteiger partial charge in [-0.15, -0.1) is 0 Å². The number of aromatic nitrogens is 1. The Kier molecular flexibility index (Phi) is 2.18. The molecule has 0 aromatic carbocycles. The smallest absolute Gasteiger partial charge is 0.336 e. The van der Waals surface area contributed by atoms with E-state index in [4.69, 9.17) is 10.2 Å². The number of carboxylic acid groups (broad SMARTS) is 1. The molecule has 0 saturated heterocycles. The van der Waals surface area contributed by atoms with Gasteiger partial charge in [0, 0.05) is 18.0 Å². The highest BCUT2D eigenvalue weighted by Crippen LogP contribution is 2.05. The van der Waals surface area contributed by atoms with Crippen molar-refractivity contribution in [2.45, 2.75) is 6.61 Å². The summed E-state index contributed by atoms with van der Waals surface area (Å²) in [5.74, 6) is -1.04. The number of hydrogen-bond donors (Lipinski definition) is 2. The molecule has 0 aliphatic carbocycles. The SMILES string of the molecule is O=C(O)c1ccncc1CO. The van der Waals surface area contributed by atoms with Gasteiger partial charge in [-0.05, 0) is 6.07 Å². The van der Waals surface area contributed by atoms with Crippen LogP contribution in [0, 0.1) is 0 Å². The van der Waals surface area contributed by atoms with Gasteiger partial charge in [0.1, 0.15) is 0 Å². The van der Waals surface area contributed by atoms with E-state index in [-0.39, 0.29) is 12.2 Å². The lowest BCUT2D eigenvalue weighted by Crippen LogP contribution is -2.02. The van der Waals surface area contributed by atoms with Crippen molar-refractivity contribution in [3.05, 3.63) is 29.6 Å². The summed E-state index contributed by atoms with van der Waals surface area (Å²) in [5.41, 5.74) is 0.433. The second-order valence-electron chi connectivity index (χ2n) is 2.00. The first-order valence-corrected chi connectivity index (χ1v) is 3.02. The summed E-state index contributed by atoms with van der Waals surface area (Å²) in [6.07, 6.45) is 2.71. The van der Waals surface area contributed by atoms with Gasteiger partial charge in [-0.1, -0.05) is 0 Å². The third kappa shape index (κ3) is 1.53. The maximum absolute atomic E-state index is 10.4. The fraction of sp³-hybridized carbons (Fsp3) is 0.143. The lowest BCUT2D eigenvalue weighted by atomic mass is 10.1. The molecular formula is C7H7NO3. The van der Waals surface area contributed by atoms with Crippen molar-refractivity contribution in [1.29, 1.82) is 0 Å². The van der Waals surface area contributed by atoms with Gasteiger partial charge in [0.25, 0.3) is 0 Å². The molecule has 4 nitrogen and oxygen atoms in total. The van der Waals surface area contributed by atoms with E-state index in [2.05, 4.69) is 4.98 Å². The molecule has 0 saturated carbocycles. The number of nitrogens with zero attached hydrogens (tertiary/aromatic N) is 1. The van der Waals surface area contributed by atoms with Gasteiger partial charge in [0.05, 0.1) is 12.2 Å². The first kappa shape index (κ1) is 7.68. The molecule has 1 aromatic rings. The summed E-state index contributed by atoms with van der Waals surface area (Å²) in [5, 5.41) is 17.2. The fourth-order valence-electron chi connectivity index (χ4n) is 0.762. The highest BCUT2D eigenvalue weighted by molar-refractivity contribution is 5.89. The minimum Gasteiger partial charge on any atom is -0.478 e. The van der Waals surface area contributed by atoms with Crippen LogP contribution in [0.2, 0.25) is 0 Å². The zero-order valence-electron chi connectivity index (χ0n) is 5.69. The molecule has 58 valence electrons. The predicted octanol–water partition coefficient (Wildman–Crippen LogP) is 0.272. The number of aromatic carboxylic acids is 1. The third-order valence-corrected chi connectivity index (χ3v) is 1.30. The molecular weight excluding hydrogens is 146 g/mol. The Morgan fingerprint density at radius 2 is 2.36 bits per heavy atom. The van der Waals surface area contributed by atoms with Crippen LogP contribution < -0.4 is 0 Å². The lowest BCUT2D eigenvalue weighted by Gasteiger charge is -1.98. The number of pyridine rings is 1. The molecule has 0 bridgehead atoms. The molecule has 0 unspecified atom stereocenters. The van der Waals surface area contributed by atoms with Crippen LogP contribution in [0.5, 0.6) is 0 Å². The van der Waals surface area contributed by atoms with Crippen molar-refractivity contribution in [3.8, 4) is 0 Å². The van der Waals surface area contributed by atoms with Gasteiger partial charge in [-0.3, -0.25) is 4.98 Å². The lowest BCUT2D eigenvalue weighted by molar-refractivity contribution is 0.0693. The van der Waals surface area contributed by atoms with Gasteiger partial charge in [-0.25, -0.2) is 4.79 Å². The van der Waals surface area contributed by atoms with Crippen LogP contribution >= 0.6 is 0 Å². The van der Waals surface area contributed by atoms with Gasteiger partial charge in [0.2, 0.25) is 0 Å². The summed E-state index contributed by atoms with van der Waals surface area (Å²) in [6, 6.07) is 1.36. The normalized spacial score (nSPS) is 9.55. The molecule has 1 heterocycles. The molecule has 2 N–H and O–H groups in total. The molecule has 4 heteroatoms. The molecule has 0 radical (unpaired) electrons. The largest absolute Gasteiger partial charge is 0.478 e. The Morgan fingerprint density at radius 1 is 1.64 bits per heavy atom. The van der Waals surface area contributed by atoms with Crippen LogP contribution in [-0.2, 0) is 6.61 Å². The topological polar surface area (TPSA) is 70.4 Å². The van der Waals surface area contributed by atoms with Crippen molar-refractivity contribution in [2.24, 2.45) is 0 Å².